The number of rotatable bonds is 0. The molecule has 2 rings (SSSR count). The SMILES string of the molecule is Cc1cnc2nc(=O)n(C)n2n1. The summed E-state index contributed by atoms with van der Waals surface area (Å²) in [5, 5.41) is 4.05. The predicted molar refractivity (Wildman–Crippen MR) is 40.8 cm³/mol. The quantitative estimate of drug-likeness (QED) is 0.509. The number of nitrogens with zero attached hydrogens (tertiary/aromatic N) is 5. The second kappa shape index (κ2) is 2.13. The summed E-state index contributed by atoms with van der Waals surface area (Å²) in [5.74, 6) is 0.327. The molecule has 0 unspecified atom stereocenters. The summed E-state index contributed by atoms with van der Waals surface area (Å²) in [6, 6.07) is 0. The largest absolute Gasteiger partial charge is 0.367 e. The second-order valence-electron chi connectivity index (χ2n) is 2.51. The summed E-state index contributed by atoms with van der Waals surface area (Å²) in [4.78, 5) is 18.6. The zero-order chi connectivity index (χ0) is 8.72. The van der Waals surface area contributed by atoms with Gasteiger partial charge in [0.2, 0.25) is 0 Å². The van der Waals surface area contributed by atoms with Gasteiger partial charge in [0.15, 0.2) is 0 Å². The van der Waals surface area contributed by atoms with Crippen molar-refractivity contribution in [1.29, 1.82) is 0 Å². The maximum Gasteiger partial charge on any atom is 0.367 e. The van der Waals surface area contributed by atoms with Crippen LogP contribution in [0.3, 0.4) is 0 Å². The Morgan fingerprint density at radius 2 is 2.25 bits per heavy atom. The van der Waals surface area contributed by atoms with Crippen molar-refractivity contribution >= 4 is 5.78 Å². The molecule has 0 amide bonds. The molecule has 0 saturated carbocycles. The molecule has 0 fully saturated rings. The Balaban J connectivity index is 2.98. The van der Waals surface area contributed by atoms with E-state index in [-0.39, 0.29) is 5.69 Å². The highest BCUT2D eigenvalue weighted by Crippen LogP contribution is 1.90. The fourth-order valence-electron chi connectivity index (χ4n) is 0.937. The average molecular weight is 165 g/mol. The molecule has 0 atom stereocenters. The maximum absolute atomic E-state index is 11.0. The lowest BCUT2D eigenvalue weighted by atomic mass is 10.6. The molecule has 2 aromatic heterocycles. The average Bonchev–Trinajstić information content (AvgIpc) is 2.31. The Hall–Kier alpha value is -1.72. The molecule has 0 aliphatic rings. The van der Waals surface area contributed by atoms with Crippen molar-refractivity contribution in [1.82, 2.24) is 24.4 Å². The fourth-order valence-corrected chi connectivity index (χ4v) is 0.937. The number of fused-ring (bicyclic) bond motifs is 1. The highest BCUT2D eigenvalue weighted by atomic mass is 16.2. The molecule has 12 heavy (non-hydrogen) atoms. The number of aromatic nitrogens is 5. The van der Waals surface area contributed by atoms with Crippen molar-refractivity contribution in [2.75, 3.05) is 0 Å². The van der Waals surface area contributed by atoms with Crippen molar-refractivity contribution in [2.45, 2.75) is 6.92 Å². The van der Waals surface area contributed by atoms with Crippen LogP contribution in [-0.4, -0.2) is 24.4 Å². The van der Waals surface area contributed by atoms with Gasteiger partial charge in [0.1, 0.15) is 0 Å². The molecule has 6 heteroatoms. The van der Waals surface area contributed by atoms with Crippen molar-refractivity contribution < 1.29 is 0 Å². The predicted octanol–water partition coefficient (Wildman–Crippen LogP) is -0.869. The third kappa shape index (κ3) is 0.810. The summed E-state index contributed by atoms with van der Waals surface area (Å²) in [6.45, 7) is 1.80. The minimum Gasteiger partial charge on any atom is -0.244 e. The molecule has 0 N–H and O–H groups in total. The molecular weight excluding hydrogens is 158 g/mol. The van der Waals surface area contributed by atoms with E-state index in [2.05, 4.69) is 15.1 Å². The van der Waals surface area contributed by atoms with Crippen LogP contribution >= 0.6 is 0 Å². The molecule has 0 saturated heterocycles. The summed E-state index contributed by atoms with van der Waals surface area (Å²) in [5.41, 5.74) is 0.399. The minimum absolute atomic E-state index is 0.327. The Labute approximate surface area is 67.5 Å². The van der Waals surface area contributed by atoms with Gasteiger partial charge in [0.25, 0.3) is 5.78 Å². The van der Waals surface area contributed by atoms with Crippen LogP contribution in [0.15, 0.2) is 11.0 Å². The van der Waals surface area contributed by atoms with Crippen molar-refractivity contribution in [3.8, 4) is 0 Å². The number of aryl methyl sites for hydroxylation is 2. The maximum atomic E-state index is 11.0. The van der Waals surface area contributed by atoms with Crippen molar-refractivity contribution in [2.24, 2.45) is 7.05 Å². The van der Waals surface area contributed by atoms with Gasteiger partial charge in [0, 0.05) is 7.05 Å². The van der Waals surface area contributed by atoms with Crippen molar-refractivity contribution in [3.05, 3.63) is 22.4 Å². The fraction of sp³-hybridized carbons (Fsp3) is 0.333. The minimum atomic E-state index is -0.347. The smallest absolute Gasteiger partial charge is 0.244 e. The van der Waals surface area contributed by atoms with Crippen LogP contribution < -0.4 is 5.69 Å². The van der Waals surface area contributed by atoms with E-state index in [0.717, 1.165) is 5.69 Å². The highest BCUT2D eigenvalue weighted by Gasteiger charge is 2.03. The first-order valence-corrected chi connectivity index (χ1v) is 3.44. The highest BCUT2D eigenvalue weighted by molar-refractivity contribution is 5.21. The van der Waals surface area contributed by atoms with Gasteiger partial charge >= 0.3 is 5.69 Å². The molecule has 0 radical (unpaired) electrons. The summed E-state index contributed by atoms with van der Waals surface area (Å²) < 4.78 is 2.67. The molecule has 0 aromatic carbocycles. The first kappa shape index (κ1) is 6.96. The lowest BCUT2D eigenvalue weighted by Crippen LogP contribution is -2.17. The lowest BCUT2D eigenvalue weighted by Gasteiger charge is -1.95. The van der Waals surface area contributed by atoms with Gasteiger partial charge < -0.3 is 0 Å². The lowest BCUT2D eigenvalue weighted by molar-refractivity contribution is 0.595. The normalized spacial score (nSPS) is 10.8. The molecule has 6 nitrogen and oxygen atoms in total. The first-order chi connectivity index (χ1) is 5.68. The van der Waals surface area contributed by atoms with Gasteiger partial charge in [-0.2, -0.15) is 10.1 Å². The Kier molecular flexibility index (Phi) is 1.24. The second-order valence-corrected chi connectivity index (χ2v) is 2.51. The monoisotopic (exact) mass is 165 g/mol. The summed E-state index contributed by atoms with van der Waals surface area (Å²) >= 11 is 0. The number of hydrogen-bond donors (Lipinski definition) is 0. The van der Waals surface area contributed by atoms with Crippen LogP contribution in [0.4, 0.5) is 0 Å². The first-order valence-electron chi connectivity index (χ1n) is 3.44. The Bertz CT molecular complexity index is 482. The van der Waals surface area contributed by atoms with Gasteiger partial charge in [-0.05, 0) is 6.92 Å². The third-order valence-corrected chi connectivity index (χ3v) is 1.55. The molecule has 0 bridgehead atoms. The summed E-state index contributed by atoms with van der Waals surface area (Å²) in [6.07, 6.45) is 1.57. The van der Waals surface area contributed by atoms with Crippen LogP contribution in [0.25, 0.3) is 5.78 Å². The van der Waals surface area contributed by atoms with Crippen LogP contribution in [0.1, 0.15) is 5.69 Å². The van der Waals surface area contributed by atoms with E-state index in [1.165, 1.54) is 9.31 Å². The zero-order valence-corrected chi connectivity index (χ0v) is 6.72. The van der Waals surface area contributed by atoms with Crippen LogP contribution in [-0.2, 0) is 7.05 Å². The van der Waals surface area contributed by atoms with E-state index < -0.39 is 0 Å². The number of hydrogen-bond acceptors (Lipinski definition) is 4. The van der Waals surface area contributed by atoms with Crippen molar-refractivity contribution in [3.63, 3.8) is 0 Å². The zero-order valence-electron chi connectivity index (χ0n) is 6.72. The molecular formula is C6H7N5O. The van der Waals surface area contributed by atoms with Gasteiger partial charge in [-0.1, -0.05) is 0 Å². The van der Waals surface area contributed by atoms with Gasteiger partial charge in [-0.15, -0.1) is 4.63 Å². The van der Waals surface area contributed by atoms with E-state index in [1.54, 1.807) is 20.2 Å². The van der Waals surface area contributed by atoms with Crippen LogP contribution in [0.2, 0.25) is 0 Å². The molecule has 2 aromatic rings. The van der Waals surface area contributed by atoms with Crippen LogP contribution in [0, 0.1) is 6.92 Å². The van der Waals surface area contributed by atoms with E-state index in [9.17, 15) is 4.79 Å². The van der Waals surface area contributed by atoms with E-state index >= 15 is 0 Å². The van der Waals surface area contributed by atoms with Crippen LogP contribution in [0.5, 0.6) is 0 Å². The van der Waals surface area contributed by atoms with Gasteiger partial charge in [-0.3, -0.25) is 0 Å². The van der Waals surface area contributed by atoms with E-state index in [0.29, 0.717) is 5.78 Å². The molecule has 62 valence electrons. The molecule has 0 aliphatic heterocycles. The van der Waals surface area contributed by atoms with E-state index in [4.69, 9.17) is 0 Å². The topological polar surface area (TPSA) is 65.1 Å². The Morgan fingerprint density at radius 1 is 1.50 bits per heavy atom. The van der Waals surface area contributed by atoms with E-state index in [1.807, 2.05) is 0 Å². The molecule has 0 spiro atoms. The standard InChI is InChI=1S/C6H7N5O/c1-4-3-7-5-8-6(12)10(2)11(5)9-4/h3H,1-2H3. The summed E-state index contributed by atoms with van der Waals surface area (Å²) in [7, 11) is 1.59. The van der Waals surface area contributed by atoms with Gasteiger partial charge in [-0.25, -0.2) is 14.5 Å². The molecule has 2 heterocycles. The third-order valence-electron chi connectivity index (χ3n) is 1.55. The Morgan fingerprint density at radius 3 is 3.00 bits per heavy atom. The molecule has 0 aliphatic carbocycles. The van der Waals surface area contributed by atoms with Gasteiger partial charge in [0.05, 0.1) is 11.9 Å².